The lowest BCUT2D eigenvalue weighted by Gasteiger charge is -2.19. The molecule has 0 fully saturated rings. The number of hydrogen-bond donors (Lipinski definition) is 1. The van der Waals surface area contributed by atoms with Gasteiger partial charge >= 0.3 is 0 Å². The first-order valence-corrected chi connectivity index (χ1v) is 6.41. The van der Waals surface area contributed by atoms with E-state index in [-0.39, 0.29) is 11.7 Å². The Kier molecular flexibility index (Phi) is 5.32. The highest BCUT2D eigenvalue weighted by molar-refractivity contribution is 9.09. The van der Waals surface area contributed by atoms with Crippen LogP contribution >= 0.6 is 15.9 Å². The van der Waals surface area contributed by atoms with Crippen molar-refractivity contribution in [1.82, 2.24) is 4.90 Å². The van der Waals surface area contributed by atoms with Crippen molar-refractivity contribution in [1.29, 1.82) is 0 Å². The molecule has 0 aliphatic rings. The first kappa shape index (κ1) is 13.0. The minimum absolute atomic E-state index is 0.0903. The van der Waals surface area contributed by atoms with E-state index in [4.69, 9.17) is 0 Å². The molecular weight excluding hydrogens is 270 g/mol. The van der Waals surface area contributed by atoms with Gasteiger partial charge in [-0.3, -0.25) is 4.79 Å². The molecule has 16 heavy (non-hydrogen) atoms. The van der Waals surface area contributed by atoms with Gasteiger partial charge in [0.25, 0.3) is 0 Å². The molecule has 0 saturated carbocycles. The van der Waals surface area contributed by atoms with Gasteiger partial charge in [0.15, 0.2) is 0 Å². The van der Waals surface area contributed by atoms with Crippen LogP contribution in [0.15, 0.2) is 24.3 Å². The minimum atomic E-state index is 0.0903. The molecule has 0 aromatic heterocycles. The van der Waals surface area contributed by atoms with Crippen LogP contribution in [0.1, 0.15) is 12.5 Å². The molecule has 0 unspecified atom stereocenters. The normalized spacial score (nSPS) is 10.1. The van der Waals surface area contributed by atoms with E-state index in [0.29, 0.717) is 19.5 Å². The number of benzene rings is 1. The Labute approximate surface area is 104 Å². The van der Waals surface area contributed by atoms with Gasteiger partial charge < -0.3 is 10.0 Å². The highest BCUT2D eigenvalue weighted by Gasteiger charge is 2.11. The Morgan fingerprint density at radius 1 is 1.50 bits per heavy atom. The zero-order valence-electron chi connectivity index (χ0n) is 9.32. The number of alkyl halides is 1. The van der Waals surface area contributed by atoms with Crippen molar-refractivity contribution in [2.75, 3.05) is 18.4 Å². The Morgan fingerprint density at radius 2 is 2.25 bits per heavy atom. The lowest BCUT2D eigenvalue weighted by Crippen LogP contribution is -2.33. The van der Waals surface area contributed by atoms with Gasteiger partial charge in [-0.25, -0.2) is 0 Å². The maximum Gasteiger partial charge on any atom is 0.227 e. The van der Waals surface area contributed by atoms with Crippen LogP contribution in [0.3, 0.4) is 0 Å². The molecule has 0 saturated heterocycles. The smallest absolute Gasteiger partial charge is 0.227 e. The summed E-state index contributed by atoms with van der Waals surface area (Å²) in [5.74, 6) is 0.293. The van der Waals surface area contributed by atoms with Crippen molar-refractivity contribution < 1.29 is 9.90 Å². The number of aromatic hydroxyl groups is 1. The summed E-state index contributed by atoms with van der Waals surface area (Å²) in [6.45, 7) is 3.39. The van der Waals surface area contributed by atoms with E-state index in [1.54, 1.807) is 23.1 Å². The number of rotatable bonds is 5. The summed E-state index contributed by atoms with van der Waals surface area (Å²) >= 11 is 3.32. The molecule has 0 spiro atoms. The number of hydrogen-bond acceptors (Lipinski definition) is 2. The van der Waals surface area contributed by atoms with Gasteiger partial charge in [0.05, 0.1) is 6.42 Å². The second-order valence-corrected chi connectivity index (χ2v) is 4.30. The predicted molar refractivity (Wildman–Crippen MR) is 67.9 cm³/mol. The SMILES string of the molecule is CCN(CCBr)C(=O)Cc1cccc(O)c1. The molecule has 1 rings (SSSR count). The van der Waals surface area contributed by atoms with E-state index in [1.807, 2.05) is 13.0 Å². The van der Waals surface area contributed by atoms with Crippen LogP contribution in [0.5, 0.6) is 5.75 Å². The number of phenolic OH excluding ortho intramolecular Hbond substituents is 1. The molecule has 1 aromatic carbocycles. The fourth-order valence-corrected chi connectivity index (χ4v) is 1.94. The van der Waals surface area contributed by atoms with Crippen molar-refractivity contribution in [3.63, 3.8) is 0 Å². The molecule has 0 radical (unpaired) electrons. The first-order valence-electron chi connectivity index (χ1n) is 5.29. The summed E-state index contributed by atoms with van der Waals surface area (Å²) in [7, 11) is 0. The van der Waals surface area contributed by atoms with Crippen molar-refractivity contribution >= 4 is 21.8 Å². The molecule has 3 nitrogen and oxygen atoms in total. The molecular formula is C12H16BrNO2. The zero-order valence-corrected chi connectivity index (χ0v) is 10.9. The lowest BCUT2D eigenvalue weighted by molar-refractivity contribution is -0.130. The van der Waals surface area contributed by atoms with Gasteiger partial charge in [0, 0.05) is 18.4 Å². The first-order chi connectivity index (χ1) is 7.67. The van der Waals surface area contributed by atoms with Gasteiger partial charge in [-0.1, -0.05) is 28.1 Å². The Balaban J connectivity index is 2.62. The van der Waals surface area contributed by atoms with Crippen LogP contribution in [-0.2, 0) is 11.2 Å². The summed E-state index contributed by atoms with van der Waals surface area (Å²) < 4.78 is 0. The third kappa shape index (κ3) is 3.85. The van der Waals surface area contributed by atoms with Gasteiger partial charge in [-0.2, -0.15) is 0 Å². The molecule has 88 valence electrons. The van der Waals surface area contributed by atoms with E-state index in [0.717, 1.165) is 10.9 Å². The Hall–Kier alpha value is -1.03. The topological polar surface area (TPSA) is 40.5 Å². The standard InChI is InChI=1S/C12H16BrNO2/c1-2-14(7-6-13)12(16)9-10-4-3-5-11(15)8-10/h3-5,8,15H,2,6-7,9H2,1H3. The van der Waals surface area contributed by atoms with Crippen molar-refractivity contribution in [3.8, 4) is 5.75 Å². The number of carbonyl (C=O) groups is 1. The maximum absolute atomic E-state index is 11.9. The molecule has 0 heterocycles. The van der Waals surface area contributed by atoms with Crippen LogP contribution in [-0.4, -0.2) is 34.3 Å². The fourth-order valence-electron chi connectivity index (χ4n) is 1.51. The van der Waals surface area contributed by atoms with Gasteiger partial charge in [0.2, 0.25) is 5.91 Å². The second-order valence-electron chi connectivity index (χ2n) is 3.51. The summed E-state index contributed by atoms with van der Waals surface area (Å²) in [6.07, 6.45) is 0.342. The second kappa shape index (κ2) is 6.53. The van der Waals surface area contributed by atoms with E-state index >= 15 is 0 Å². The van der Waals surface area contributed by atoms with Gasteiger partial charge in [0.1, 0.15) is 5.75 Å². The van der Waals surface area contributed by atoms with E-state index < -0.39 is 0 Å². The summed E-state index contributed by atoms with van der Waals surface area (Å²) in [6, 6.07) is 6.82. The molecule has 0 atom stereocenters. The molecule has 0 bridgehead atoms. The average molecular weight is 286 g/mol. The lowest BCUT2D eigenvalue weighted by atomic mass is 10.1. The molecule has 4 heteroatoms. The quantitative estimate of drug-likeness (QED) is 0.843. The Morgan fingerprint density at radius 3 is 2.81 bits per heavy atom. The predicted octanol–water partition coefficient (Wildman–Crippen LogP) is 2.18. The van der Waals surface area contributed by atoms with Gasteiger partial charge in [-0.05, 0) is 24.6 Å². The van der Waals surface area contributed by atoms with Gasteiger partial charge in [-0.15, -0.1) is 0 Å². The molecule has 0 aliphatic carbocycles. The third-order valence-electron chi connectivity index (χ3n) is 2.35. The van der Waals surface area contributed by atoms with E-state index in [1.165, 1.54) is 0 Å². The molecule has 0 aliphatic heterocycles. The van der Waals surface area contributed by atoms with E-state index in [9.17, 15) is 9.90 Å². The number of nitrogens with zero attached hydrogens (tertiary/aromatic N) is 1. The maximum atomic E-state index is 11.9. The summed E-state index contributed by atoms with van der Waals surface area (Å²) in [4.78, 5) is 13.7. The number of halogens is 1. The van der Waals surface area contributed by atoms with E-state index in [2.05, 4.69) is 15.9 Å². The highest BCUT2D eigenvalue weighted by atomic mass is 79.9. The number of likely N-dealkylation sites (N-methyl/N-ethyl adjacent to an activating group) is 1. The Bertz CT molecular complexity index is 355. The number of amides is 1. The zero-order chi connectivity index (χ0) is 12.0. The number of phenols is 1. The van der Waals surface area contributed by atoms with Crippen molar-refractivity contribution in [2.24, 2.45) is 0 Å². The summed E-state index contributed by atoms with van der Waals surface area (Å²) in [5.41, 5.74) is 0.845. The van der Waals surface area contributed by atoms with Crippen molar-refractivity contribution in [2.45, 2.75) is 13.3 Å². The van der Waals surface area contributed by atoms with Crippen LogP contribution < -0.4 is 0 Å². The monoisotopic (exact) mass is 285 g/mol. The van der Waals surface area contributed by atoms with Crippen LogP contribution in [0.25, 0.3) is 0 Å². The largest absolute Gasteiger partial charge is 0.508 e. The summed E-state index contributed by atoms with van der Waals surface area (Å²) in [5, 5.41) is 10.1. The average Bonchev–Trinajstić information content (AvgIpc) is 2.25. The molecule has 1 aromatic rings. The van der Waals surface area contributed by atoms with Crippen LogP contribution in [0, 0.1) is 0 Å². The number of carbonyl (C=O) groups excluding carboxylic acids is 1. The third-order valence-corrected chi connectivity index (χ3v) is 2.71. The van der Waals surface area contributed by atoms with Crippen LogP contribution in [0.2, 0.25) is 0 Å². The van der Waals surface area contributed by atoms with Crippen LogP contribution in [0.4, 0.5) is 0 Å². The highest BCUT2D eigenvalue weighted by Crippen LogP contribution is 2.12. The minimum Gasteiger partial charge on any atom is -0.508 e. The molecule has 1 amide bonds. The fraction of sp³-hybridized carbons (Fsp3) is 0.417. The molecule has 1 N–H and O–H groups in total. The van der Waals surface area contributed by atoms with Crippen molar-refractivity contribution in [3.05, 3.63) is 29.8 Å².